The Labute approximate surface area is 126 Å². The van der Waals surface area contributed by atoms with E-state index in [2.05, 4.69) is 0 Å². The fourth-order valence-electron chi connectivity index (χ4n) is 1.65. The van der Waals surface area contributed by atoms with E-state index in [4.69, 9.17) is 21.4 Å². The van der Waals surface area contributed by atoms with Gasteiger partial charge in [-0.3, -0.25) is 0 Å². The van der Waals surface area contributed by atoms with Gasteiger partial charge in [0.1, 0.15) is 12.4 Å². The van der Waals surface area contributed by atoms with Gasteiger partial charge in [-0.15, -0.1) is 11.3 Å². The molecule has 1 aromatic carbocycles. The number of carboxylic acids is 1. The molecule has 1 aromatic heterocycles. The van der Waals surface area contributed by atoms with Crippen LogP contribution >= 0.6 is 22.9 Å². The Bertz CT molecular complexity index is 646. The Kier molecular flexibility index (Phi) is 4.82. The minimum Gasteiger partial charge on any atom is -0.488 e. The number of benzene rings is 1. The number of thiophene rings is 1. The van der Waals surface area contributed by atoms with Crippen molar-refractivity contribution in [1.82, 2.24) is 0 Å². The van der Waals surface area contributed by atoms with Gasteiger partial charge >= 0.3 is 5.97 Å². The summed E-state index contributed by atoms with van der Waals surface area (Å²) in [6.07, 6.45) is 2.69. The van der Waals surface area contributed by atoms with Crippen LogP contribution in [0.2, 0.25) is 5.02 Å². The summed E-state index contributed by atoms with van der Waals surface area (Å²) in [6.45, 7) is 2.34. The van der Waals surface area contributed by atoms with Crippen molar-refractivity contribution in [2.24, 2.45) is 0 Å². The molecule has 1 N–H and O–H groups in total. The molecule has 0 aliphatic heterocycles. The Morgan fingerprint density at radius 1 is 1.45 bits per heavy atom. The number of aryl methyl sites for hydroxylation is 1. The van der Waals surface area contributed by atoms with Gasteiger partial charge in [0.15, 0.2) is 0 Å². The molecular weight excluding hydrogens is 296 g/mol. The van der Waals surface area contributed by atoms with Gasteiger partial charge < -0.3 is 9.84 Å². The first-order chi connectivity index (χ1) is 9.56. The molecule has 1 heterocycles. The minimum absolute atomic E-state index is 0.387. The molecule has 20 heavy (non-hydrogen) atoms. The predicted molar refractivity (Wildman–Crippen MR) is 81.5 cm³/mol. The molecule has 0 atom stereocenters. The number of halogens is 1. The maximum atomic E-state index is 10.5. The summed E-state index contributed by atoms with van der Waals surface area (Å²) >= 11 is 7.47. The normalized spacial score (nSPS) is 10.9. The maximum Gasteiger partial charge on any atom is 0.328 e. The van der Waals surface area contributed by atoms with Crippen molar-refractivity contribution in [2.45, 2.75) is 13.5 Å². The summed E-state index contributed by atoms with van der Waals surface area (Å²) in [7, 11) is 0. The second kappa shape index (κ2) is 6.59. The van der Waals surface area contributed by atoms with E-state index in [9.17, 15) is 4.79 Å². The van der Waals surface area contributed by atoms with Crippen LogP contribution in [0.3, 0.4) is 0 Å². The number of carboxylic acid groups (broad SMARTS) is 1. The van der Waals surface area contributed by atoms with Crippen molar-refractivity contribution >= 4 is 35.0 Å². The third-order valence-corrected chi connectivity index (χ3v) is 3.84. The molecule has 104 valence electrons. The monoisotopic (exact) mass is 308 g/mol. The van der Waals surface area contributed by atoms with Gasteiger partial charge in [0.25, 0.3) is 0 Å². The Morgan fingerprint density at radius 2 is 2.25 bits per heavy atom. The average molecular weight is 309 g/mol. The first-order valence-electron chi connectivity index (χ1n) is 5.92. The van der Waals surface area contributed by atoms with E-state index in [1.165, 1.54) is 11.3 Å². The molecule has 0 unspecified atom stereocenters. The lowest BCUT2D eigenvalue weighted by molar-refractivity contribution is -0.131. The molecule has 0 radical (unpaired) electrons. The largest absolute Gasteiger partial charge is 0.488 e. The number of hydrogen-bond acceptors (Lipinski definition) is 3. The molecule has 0 aliphatic rings. The summed E-state index contributed by atoms with van der Waals surface area (Å²) in [5.41, 5.74) is 1.87. The molecule has 0 aliphatic carbocycles. The van der Waals surface area contributed by atoms with Crippen molar-refractivity contribution in [3.8, 4) is 5.75 Å². The molecule has 3 nitrogen and oxygen atoms in total. The number of ether oxygens (including phenoxy) is 1. The third kappa shape index (κ3) is 3.85. The zero-order valence-electron chi connectivity index (χ0n) is 10.8. The van der Waals surface area contributed by atoms with Crippen molar-refractivity contribution in [2.75, 3.05) is 0 Å². The van der Waals surface area contributed by atoms with Crippen molar-refractivity contribution in [3.05, 3.63) is 56.7 Å². The highest BCUT2D eigenvalue weighted by atomic mass is 35.5. The highest BCUT2D eigenvalue weighted by Crippen LogP contribution is 2.25. The second-order valence-electron chi connectivity index (χ2n) is 4.17. The van der Waals surface area contributed by atoms with Gasteiger partial charge in [0.05, 0.1) is 0 Å². The van der Waals surface area contributed by atoms with E-state index in [0.29, 0.717) is 11.6 Å². The van der Waals surface area contributed by atoms with Crippen LogP contribution in [-0.2, 0) is 11.4 Å². The zero-order valence-corrected chi connectivity index (χ0v) is 12.4. The smallest absolute Gasteiger partial charge is 0.328 e. The molecular formula is C15H13ClO3S. The summed E-state index contributed by atoms with van der Waals surface area (Å²) in [4.78, 5) is 11.5. The van der Waals surface area contributed by atoms with Gasteiger partial charge in [-0.25, -0.2) is 4.79 Å². The van der Waals surface area contributed by atoms with Crippen LogP contribution in [0.5, 0.6) is 5.75 Å². The average Bonchev–Trinajstić information content (AvgIpc) is 2.85. The molecule has 0 bridgehead atoms. The van der Waals surface area contributed by atoms with E-state index in [-0.39, 0.29) is 0 Å². The predicted octanol–water partition coefficient (Wildman–Crippen LogP) is 4.39. The molecule has 0 saturated carbocycles. The van der Waals surface area contributed by atoms with Crippen LogP contribution in [0.4, 0.5) is 0 Å². The van der Waals surface area contributed by atoms with E-state index in [1.54, 1.807) is 12.1 Å². The lowest BCUT2D eigenvalue weighted by Gasteiger charge is -2.09. The summed E-state index contributed by atoms with van der Waals surface area (Å²) in [5.74, 6) is -0.229. The highest BCUT2D eigenvalue weighted by Gasteiger charge is 2.05. The molecule has 2 rings (SSSR count). The Balaban J connectivity index is 2.10. The molecule has 0 fully saturated rings. The lowest BCUT2D eigenvalue weighted by atomic mass is 10.2. The number of rotatable bonds is 5. The van der Waals surface area contributed by atoms with Crippen LogP contribution < -0.4 is 4.74 Å². The summed E-state index contributed by atoms with van der Waals surface area (Å²) in [5, 5.41) is 11.2. The van der Waals surface area contributed by atoms with Gasteiger partial charge in [0.2, 0.25) is 0 Å². The first-order valence-corrected chi connectivity index (χ1v) is 7.18. The SMILES string of the molecule is Cc1ccc(Cl)cc1OCc1sccc1C=CC(=O)O. The second-order valence-corrected chi connectivity index (χ2v) is 5.61. The molecule has 0 spiro atoms. The van der Waals surface area contributed by atoms with E-state index in [1.807, 2.05) is 30.5 Å². The van der Waals surface area contributed by atoms with E-state index in [0.717, 1.165) is 27.8 Å². The topological polar surface area (TPSA) is 46.5 Å². The maximum absolute atomic E-state index is 10.5. The first kappa shape index (κ1) is 14.6. The summed E-state index contributed by atoms with van der Waals surface area (Å²) < 4.78 is 5.75. The van der Waals surface area contributed by atoms with Gasteiger partial charge in [0, 0.05) is 16.0 Å². The molecule has 0 saturated heterocycles. The van der Waals surface area contributed by atoms with E-state index >= 15 is 0 Å². The molecule has 2 aromatic rings. The number of hydrogen-bond donors (Lipinski definition) is 1. The van der Waals surface area contributed by atoms with Gasteiger partial charge in [-0.1, -0.05) is 17.7 Å². The summed E-state index contributed by atoms with van der Waals surface area (Å²) in [6, 6.07) is 7.36. The Hall–Kier alpha value is -1.78. The Morgan fingerprint density at radius 3 is 3.00 bits per heavy atom. The number of carbonyl (C=O) groups is 1. The quantitative estimate of drug-likeness (QED) is 0.833. The van der Waals surface area contributed by atoms with E-state index < -0.39 is 5.97 Å². The highest BCUT2D eigenvalue weighted by molar-refractivity contribution is 7.10. The molecule has 5 heteroatoms. The third-order valence-electron chi connectivity index (χ3n) is 2.69. The van der Waals surface area contributed by atoms with Crippen LogP contribution in [0.1, 0.15) is 16.0 Å². The van der Waals surface area contributed by atoms with Gasteiger partial charge in [-0.05, 0) is 47.7 Å². The fourth-order valence-corrected chi connectivity index (χ4v) is 2.59. The molecule has 0 amide bonds. The van der Waals surface area contributed by atoms with Crippen molar-refractivity contribution < 1.29 is 14.6 Å². The van der Waals surface area contributed by atoms with Gasteiger partial charge in [-0.2, -0.15) is 0 Å². The van der Waals surface area contributed by atoms with Crippen LogP contribution in [0, 0.1) is 6.92 Å². The fraction of sp³-hybridized carbons (Fsp3) is 0.133. The van der Waals surface area contributed by atoms with Crippen LogP contribution in [-0.4, -0.2) is 11.1 Å². The number of aliphatic carboxylic acids is 1. The lowest BCUT2D eigenvalue weighted by Crippen LogP contribution is -1.96. The van der Waals surface area contributed by atoms with Crippen LogP contribution in [0.15, 0.2) is 35.7 Å². The van der Waals surface area contributed by atoms with Crippen LogP contribution in [0.25, 0.3) is 6.08 Å². The standard InChI is InChI=1S/C15H13ClO3S/c1-10-2-4-12(16)8-13(10)19-9-14-11(6-7-20-14)3-5-15(17)18/h2-8H,9H2,1H3,(H,17,18). The van der Waals surface area contributed by atoms with Crippen molar-refractivity contribution in [3.63, 3.8) is 0 Å². The zero-order chi connectivity index (χ0) is 14.5. The minimum atomic E-state index is -0.964. The van der Waals surface area contributed by atoms with Crippen molar-refractivity contribution in [1.29, 1.82) is 0 Å².